The third-order valence-corrected chi connectivity index (χ3v) is 4.36. The van der Waals surface area contributed by atoms with Gasteiger partial charge in [-0.2, -0.15) is 0 Å². The van der Waals surface area contributed by atoms with Crippen LogP contribution in [0.2, 0.25) is 0 Å². The first-order valence-corrected chi connectivity index (χ1v) is 7.78. The molecule has 23 heavy (non-hydrogen) atoms. The Labute approximate surface area is 133 Å². The molecule has 1 aromatic carbocycles. The molecule has 2 aromatic heterocycles. The maximum absolute atomic E-state index is 12.5. The van der Waals surface area contributed by atoms with Crippen LogP contribution in [-0.2, 0) is 11.3 Å². The molecule has 7 nitrogen and oxygen atoms in total. The molecule has 3 heterocycles. The Hall–Kier alpha value is -2.70. The van der Waals surface area contributed by atoms with Crippen LogP contribution in [0.3, 0.4) is 0 Å². The van der Waals surface area contributed by atoms with Crippen molar-refractivity contribution in [1.82, 2.24) is 29.9 Å². The molecule has 1 N–H and O–H groups in total. The Bertz CT molecular complexity index is 851. The number of carbonyl (C=O) groups excluding carboxylic acids is 1. The molecule has 7 heteroatoms. The fourth-order valence-corrected chi connectivity index (χ4v) is 3.11. The molecule has 1 aliphatic rings. The van der Waals surface area contributed by atoms with Crippen molar-refractivity contribution in [3.63, 3.8) is 0 Å². The second-order valence-electron chi connectivity index (χ2n) is 6.01. The van der Waals surface area contributed by atoms with E-state index in [1.165, 1.54) is 0 Å². The molecule has 3 aromatic rings. The van der Waals surface area contributed by atoms with E-state index in [9.17, 15) is 4.79 Å². The number of H-pyrrole nitrogens is 1. The molecule has 1 saturated heterocycles. The fourth-order valence-electron chi connectivity index (χ4n) is 3.11. The van der Waals surface area contributed by atoms with Gasteiger partial charge in [-0.3, -0.25) is 4.79 Å². The summed E-state index contributed by atoms with van der Waals surface area (Å²) in [6.45, 7) is 3.68. The Morgan fingerprint density at radius 2 is 2.26 bits per heavy atom. The van der Waals surface area contributed by atoms with Crippen molar-refractivity contribution in [3.05, 3.63) is 42.0 Å². The number of imidazole rings is 1. The van der Waals surface area contributed by atoms with E-state index in [4.69, 9.17) is 0 Å². The molecule has 0 spiro atoms. The number of aryl methyl sites for hydroxylation is 1. The molecule has 0 radical (unpaired) electrons. The van der Waals surface area contributed by atoms with Crippen LogP contribution in [0.4, 0.5) is 0 Å². The van der Waals surface area contributed by atoms with E-state index in [-0.39, 0.29) is 12.5 Å². The van der Waals surface area contributed by atoms with Crippen molar-refractivity contribution in [2.45, 2.75) is 25.8 Å². The number of nitrogens with one attached hydrogen (secondary N) is 1. The predicted octanol–water partition coefficient (Wildman–Crippen LogP) is 1.48. The number of benzene rings is 1. The first-order chi connectivity index (χ1) is 11.2. The van der Waals surface area contributed by atoms with Gasteiger partial charge in [0.1, 0.15) is 17.9 Å². The zero-order chi connectivity index (χ0) is 15.8. The summed E-state index contributed by atoms with van der Waals surface area (Å²) in [5.74, 6) is 1.34. The van der Waals surface area contributed by atoms with Crippen LogP contribution < -0.4 is 0 Å². The van der Waals surface area contributed by atoms with Gasteiger partial charge in [-0.25, -0.2) is 9.67 Å². The molecule has 1 atom stereocenters. The van der Waals surface area contributed by atoms with Crippen molar-refractivity contribution in [2.75, 3.05) is 13.1 Å². The third-order valence-electron chi connectivity index (χ3n) is 4.36. The zero-order valence-corrected chi connectivity index (χ0v) is 12.9. The quantitative estimate of drug-likeness (QED) is 0.794. The van der Waals surface area contributed by atoms with Gasteiger partial charge in [0.2, 0.25) is 5.91 Å². The highest BCUT2D eigenvalue weighted by atomic mass is 16.2. The Morgan fingerprint density at radius 3 is 3.09 bits per heavy atom. The van der Waals surface area contributed by atoms with Crippen LogP contribution in [0, 0.1) is 6.92 Å². The lowest BCUT2D eigenvalue weighted by Gasteiger charge is -2.16. The van der Waals surface area contributed by atoms with E-state index in [0.29, 0.717) is 12.5 Å². The van der Waals surface area contributed by atoms with Gasteiger partial charge in [0.05, 0.1) is 5.52 Å². The van der Waals surface area contributed by atoms with Crippen molar-refractivity contribution in [2.24, 2.45) is 0 Å². The topological polar surface area (TPSA) is 79.7 Å². The molecule has 1 amide bonds. The summed E-state index contributed by atoms with van der Waals surface area (Å²) >= 11 is 0. The van der Waals surface area contributed by atoms with Gasteiger partial charge in [-0.05, 0) is 25.5 Å². The number of hydrogen-bond donors (Lipinski definition) is 1. The molecule has 1 aliphatic heterocycles. The standard InChI is InChI=1S/C16H18N6O/c1-11-8-17-16(18-11)12-6-7-21(9-12)15(23)10-22-14-5-3-2-4-13(14)19-20-22/h2-5,8,12H,6-7,9-10H2,1H3,(H,17,18)/t12-/m0/s1. The number of likely N-dealkylation sites (tertiary alicyclic amines) is 1. The van der Waals surface area contributed by atoms with Crippen LogP contribution in [0.1, 0.15) is 23.9 Å². The number of rotatable bonds is 3. The normalized spacial score (nSPS) is 18.0. The summed E-state index contributed by atoms with van der Waals surface area (Å²) in [4.78, 5) is 22.1. The molecular weight excluding hydrogens is 292 g/mol. The number of nitrogens with zero attached hydrogens (tertiary/aromatic N) is 5. The number of aromatic amines is 1. The molecule has 0 unspecified atom stereocenters. The second-order valence-corrected chi connectivity index (χ2v) is 6.01. The summed E-state index contributed by atoms with van der Waals surface area (Å²) in [5.41, 5.74) is 2.75. The number of para-hydroxylation sites is 1. The van der Waals surface area contributed by atoms with Crippen LogP contribution >= 0.6 is 0 Å². The van der Waals surface area contributed by atoms with Gasteiger partial charge in [-0.1, -0.05) is 17.3 Å². The predicted molar refractivity (Wildman–Crippen MR) is 84.8 cm³/mol. The minimum absolute atomic E-state index is 0.0754. The average Bonchev–Trinajstić information content (AvgIpc) is 3.27. The van der Waals surface area contributed by atoms with Crippen molar-refractivity contribution in [1.29, 1.82) is 0 Å². The van der Waals surface area contributed by atoms with Gasteiger partial charge in [-0.15, -0.1) is 5.10 Å². The zero-order valence-electron chi connectivity index (χ0n) is 12.9. The van der Waals surface area contributed by atoms with Crippen LogP contribution in [-0.4, -0.2) is 48.9 Å². The van der Waals surface area contributed by atoms with Gasteiger partial charge >= 0.3 is 0 Å². The summed E-state index contributed by atoms with van der Waals surface area (Å²) in [5, 5.41) is 8.18. The minimum Gasteiger partial charge on any atom is -0.346 e. The van der Waals surface area contributed by atoms with Crippen LogP contribution in [0.25, 0.3) is 11.0 Å². The molecule has 4 rings (SSSR count). The SMILES string of the molecule is Cc1cnc([C@H]2CCN(C(=O)Cn3nnc4ccccc43)C2)[nH]1. The molecule has 0 saturated carbocycles. The molecule has 1 fully saturated rings. The summed E-state index contributed by atoms with van der Waals surface area (Å²) in [6.07, 6.45) is 2.78. The Balaban J connectivity index is 1.46. The third kappa shape index (κ3) is 2.58. The number of aromatic nitrogens is 5. The largest absolute Gasteiger partial charge is 0.346 e. The Kier molecular flexibility index (Phi) is 3.33. The van der Waals surface area contributed by atoms with E-state index in [1.807, 2.05) is 42.3 Å². The molecule has 0 bridgehead atoms. The number of amides is 1. The van der Waals surface area contributed by atoms with Gasteiger partial charge in [0.25, 0.3) is 0 Å². The number of carbonyl (C=O) groups is 1. The highest BCUT2D eigenvalue weighted by Crippen LogP contribution is 2.25. The van der Waals surface area contributed by atoms with Gasteiger partial charge in [0, 0.05) is 30.9 Å². The maximum Gasteiger partial charge on any atom is 0.244 e. The van der Waals surface area contributed by atoms with E-state index in [1.54, 1.807) is 4.68 Å². The van der Waals surface area contributed by atoms with E-state index in [2.05, 4.69) is 20.3 Å². The first kappa shape index (κ1) is 13.9. The minimum atomic E-state index is 0.0754. The van der Waals surface area contributed by atoms with E-state index >= 15 is 0 Å². The second kappa shape index (κ2) is 5.49. The van der Waals surface area contributed by atoms with Crippen molar-refractivity contribution < 1.29 is 4.79 Å². The summed E-state index contributed by atoms with van der Waals surface area (Å²) in [6, 6.07) is 7.67. The molecule has 118 valence electrons. The lowest BCUT2D eigenvalue weighted by atomic mass is 10.1. The van der Waals surface area contributed by atoms with Crippen molar-refractivity contribution >= 4 is 16.9 Å². The maximum atomic E-state index is 12.5. The van der Waals surface area contributed by atoms with E-state index < -0.39 is 0 Å². The van der Waals surface area contributed by atoms with Gasteiger partial charge < -0.3 is 9.88 Å². The Morgan fingerprint density at radius 1 is 1.39 bits per heavy atom. The average molecular weight is 310 g/mol. The summed E-state index contributed by atoms with van der Waals surface area (Å²) in [7, 11) is 0. The fraction of sp³-hybridized carbons (Fsp3) is 0.375. The number of hydrogen-bond acceptors (Lipinski definition) is 4. The van der Waals surface area contributed by atoms with Crippen molar-refractivity contribution in [3.8, 4) is 0 Å². The lowest BCUT2D eigenvalue weighted by molar-refractivity contribution is -0.130. The highest BCUT2D eigenvalue weighted by Gasteiger charge is 2.29. The van der Waals surface area contributed by atoms with Crippen LogP contribution in [0.5, 0.6) is 0 Å². The number of fused-ring (bicyclic) bond motifs is 1. The van der Waals surface area contributed by atoms with E-state index in [0.717, 1.165) is 35.5 Å². The molecular formula is C16H18N6O. The smallest absolute Gasteiger partial charge is 0.244 e. The monoisotopic (exact) mass is 310 g/mol. The first-order valence-electron chi connectivity index (χ1n) is 7.78. The van der Waals surface area contributed by atoms with Crippen LogP contribution in [0.15, 0.2) is 30.5 Å². The van der Waals surface area contributed by atoms with Gasteiger partial charge in [0.15, 0.2) is 0 Å². The molecule has 0 aliphatic carbocycles. The summed E-state index contributed by atoms with van der Waals surface area (Å²) < 4.78 is 1.67. The highest BCUT2D eigenvalue weighted by molar-refractivity contribution is 5.80. The lowest BCUT2D eigenvalue weighted by Crippen LogP contribution is -2.32.